The first-order chi connectivity index (χ1) is 8.21. The second kappa shape index (κ2) is 3.95. The van der Waals surface area contributed by atoms with Crippen molar-refractivity contribution < 1.29 is 19.4 Å². The Morgan fingerprint density at radius 3 is 2.28 bits per heavy atom. The number of carbonyl (C=O) groups is 2. The van der Waals surface area contributed by atoms with Crippen LogP contribution in [0.4, 0.5) is 0 Å². The third-order valence-electron chi connectivity index (χ3n) is 3.98. The Balaban J connectivity index is 2.07. The van der Waals surface area contributed by atoms with Crippen LogP contribution in [0.1, 0.15) is 46.5 Å². The van der Waals surface area contributed by atoms with Crippen LogP contribution in [0.15, 0.2) is 0 Å². The molecule has 5 nitrogen and oxygen atoms in total. The Hall–Kier alpha value is -1.10. The molecule has 0 amide bonds. The van der Waals surface area contributed by atoms with Crippen LogP contribution in [0.3, 0.4) is 0 Å². The highest BCUT2D eigenvalue weighted by atomic mass is 16.6. The van der Waals surface area contributed by atoms with Gasteiger partial charge in [-0.05, 0) is 40.0 Å². The Labute approximate surface area is 107 Å². The molecule has 18 heavy (non-hydrogen) atoms. The van der Waals surface area contributed by atoms with Gasteiger partial charge in [-0.15, -0.1) is 0 Å². The van der Waals surface area contributed by atoms with Crippen molar-refractivity contribution in [3.05, 3.63) is 0 Å². The van der Waals surface area contributed by atoms with E-state index >= 15 is 0 Å². The number of carbonyl (C=O) groups excluding carboxylic acids is 1. The van der Waals surface area contributed by atoms with E-state index < -0.39 is 17.1 Å². The van der Waals surface area contributed by atoms with Crippen molar-refractivity contribution in [1.29, 1.82) is 0 Å². The molecule has 2 aliphatic rings. The maximum absolute atomic E-state index is 12.3. The van der Waals surface area contributed by atoms with Gasteiger partial charge in [0, 0.05) is 5.41 Å². The van der Waals surface area contributed by atoms with E-state index in [2.05, 4.69) is 5.32 Å². The van der Waals surface area contributed by atoms with E-state index in [-0.39, 0.29) is 17.9 Å². The zero-order valence-corrected chi connectivity index (χ0v) is 11.2. The summed E-state index contributed by atoms with van der Waals surface area (Å²) < 4.78 is 5.43. The predicted molar refractivity (Wildman–Crippen MR) is 65.1 cm³/mol. The normalized spacial score (nSPS) is 28.6. The maximum Gasteiger partial charge on any atom is 0.327 e. The minimum atomic E-state index is -0.945. The van der Waals surface area contributed by atoms with Crippen LogP contribution < -0.4 is 5.32 Å². The first kappa shape index (κ1) is 13.3. The molecule has 102 valence electrons. The van der Waals surface area contributed by atoms with Gasteiger partial charge >= 0.3 is 11.9 Å². The number of hydrogen-bond acceptors (Lipinski definition) is 4. The molecule has 2 aliphatic carbocycles. The van der Waals surface area contributed by atoms with Crippen molar-refractivity contribution in [2.75, 3.05) is 6.54 Å². The van der Waals surface area contributed by atoms with Gasteiger partial charge in [0.1, 0.15) is 11.1 Å². The summed E-state index contributed by atoms with van der Waals surface area (Å²) in [5, 5.41) is 11.7. The summed E-state index contributed by atoms with van der Waals surface area (Å²) in [6.07, 6.45) is 3.79. The highest BCUT2D eigenvalue weighted by Gasteiger charge is 2.74. The number of nitrogens with one attached hydrogen (secondary N) is 1. The zero-order valence-electron chi connectivity index (χ0n) is 11.2. The second-order valence-electron chi connectivity index (χ2n) is 6.47. The van der Waals surface area contributed by atoms with Gasteiger partial charge in [0.25, 0.3) is 0 Å². The molecule has 2 rings (SSSR count). The fraction of sp³-hybridized carbons (Fsp3) is 0.846. The number of rotatable bonds is 4. The molecular formula is C13H21NO4. The van der Waals surface area contributed by atoms with Gasteiger partial charge in [0.05, 0.1) is 6.54 Å². The second-order valence-corrected chi connectivity index (χ2v) is 6.47. The van der Waals surface area contributed by atoms with E-state index in [1.54, 1.807) is 0 Å². The van der Waals surface area contributed by atoms with Gasteiger partial charge < -0.3 is 9.84 Å². The van der Waals surface area contributed by atoms with Gasteiger partial charge in [-0.2, -0.15) is 0 Å². The standard InChI is InChI=1S/C13H21NO4/c1-11(2,3)18-10(17)13(14-7-9(15)16)8-12(13)5-4-6-12/h14H,4-8H2,1-3H3,(H,15,16). The van der Waals surface area contributed by atoms with Crippen molar-refractivity contribution >= 4 is 11.9 Å². The molecule has 0 aromatic heterocycles. The van der Waals surface area contributed by atoms with Crippen molar-refractivity contribution in [3.8, 4) is 0 Å². The van der Waals surface area contributed by atoms with Crippen LogP contribution in [0.2, 0.25) is 0 Å². The molecule has 1 atom stereocenters. The van der Waals surface area contributed by atoms with Gasteiger partial charge in [-0.1, -0.05) is 6.42 Å². The summed E-state index contributed by atoms with van der Waals surface area (Å²) in [7, 11) is 0. The quantitative estimate of drug-likeness (QED) is 0.741. The Morgan fingerprint density at radius 2 is 1.94 bits per heavy atom. The molecule has 0 aliphatic heterocycles. The lowest BCUT2D eigenvalue weighted by Crippen LogP contribution is -2.50. The minimum absolute atomic E-state index is 0.0369. The zero-order chi connectivity index (χ0) is 13.6. The largest absolute Gasteiger partial charge is 0.480 e. The fourth-order valence-corrected chi connectivity index (χ4v) is 2.87. The lowest BCUT2D eigenvalue weighted by molar-refractivity contribution is -0.161. The first-order valence-corrected chi connectivity index (χ1v) is 6.41. The first-order valence-electron chi connectivity index (χ1n) is 6.41. The molecule has 5 heteroatoms. The molecular weight excluding hydrogens is 234 g/mol. The SMILES string of the molecule is CC(C)(C)OC(=O)C1(NCC(=O)O)CC12CCC2. The van der Waals surface area contributed by atoms with Crippen LogP contribution in [0.5, 0.6) is 0 Å². The lowest BCUT2D eigenvalue weighted by Gasteiger charge is -2.33. The van der Waals surface area contributed by atoms with Gasteiger partial charge in [-0.3, -0.25) is 14.9 Å². The summed E-state index contributed by atoms with van der Waals surface area (Å²) in [5.41, 5.74) is -1.33. The van der Waals surface area contributed by atoms with Gasteiger partial charge in [-0.25, -0.2) is 0 Å². The molecule has 0 aromatic rings. The minimum Gasteiger partial charge on any atom is -0.480 e. The Kier molecular flexibility index (Phi) is 2.93. The van der Waals surface area contributed by atoms with Crippen molar-refractivity contribution in [1.82, 2.24) is 5.32 Å². The maximum atomic E-state index is 12.3. The molecule has 2 fully saturated rings. The van der Waals surface area contributed by atoms with E-state index in [4.69, 9.17) is 9.84 Å². The van der Waals surface area contributed by atoms with Crippen LogP contribution in [-0.4, -0.2) is 34.7 Å². The van der Waals surface area contributed by atoms with Gasteiger partial charge in [0.2, 0.25) is 0 Å². The van der Waals surface area contributed by atoms with E-state index in [1.807, 2.05) is 20.8 Å². The molecule has 0 heterocycles. The molecule has 1 unspecified atom stereocenters. The molecule has 0 bridgehead atoms. The highest BCUT2D eigenvalue weighted by molar-refractivity contribution is 5.88. The molecule has 0 saturated heterocycles. The number of carboxylic acids is 1. The third kappa shape index (κ3) is 2.11. The molecule has 2 N–H and O–H groups in total. The average Bonchev–Trinajstić information content (AvgIpc) is 2.82. The number of esters is 1. The van der Waals surface area contributed by atoms with E-state index in [1.165, 1.54) is 0 Å². The monoisotopic (exact) mass is 255 g/mol. The topological polar surface area (TPSA) is 75.6 Å². The molecule has 0 aromatic carbocycles. The van der Waals surface area contributed by atoms with E-state index in [0.717, 1.165) is 19.3 Å². The Bertz CT molecular complexity index is 381. The number of ether oxygens (including phenoxy) is 1. The average molecular weight is 255 g/mol. The third-order valence-corrected chi connectivity index (χ3v) is 3.98. The number of aliphatic carboxylic acids is 1. The fourth-order valence-electron chi connectivity index (χ4n) is 2.87. The number of hydrogen-bond donors (Lipinski definition) is 2. The van der Waals surface area contributed by atoms with E-state index in [9.17, 15) is 9.59 Å². The van der Waals surface area contributed by atoms with Crippen LogP contribution in [-0.2, 0) is 14.3 Å². The van der Waals surface area contributed by atoms with Crippen LogP contribution in [0.25, 0.3) is 0 Å². The van der Waals surface area contributed by atoms with Gasteiger partial charge in [0.15, 0.2) is 0 Å². The van der Waals surface area contributed by atoms with Crippen LogP contribution in [0, 0.1) is 5.41 Å². The summed E-state index contributed by atoms with van der Waals surface area (Å²) in [6, 6.07) is 0. The molecule has 2 saturated carbocycles. The van der Waals surface area contributed by atoms with E-state index in [0.29, 0.717) is 6.42 Å². The molecule has 1 spiro atoms. The summed E-state index contributed by atoms with van der Waals surface area (Å²) in [6.45, 7) is 5.28. The number of carboxylic acid groups (broad SMARTS) is 1. The Morgan fingerprint density at radius 1 is 1.33 bits per heavy atom. The highest BCUT2D eigenvalue weighted by Crippen LogP contribution is 2.68. The summed E-state index contributed by atoms with van der Waals surface area (Å²) >= 11 is 0. The summed E-state index contributed by atoms with van der Waals surface area (Å²) in [5.74, 6) is -1.24. The molecule has 0 radical (unpaired) electrons. The summed E-state index contributed by atoms with van der Waals surface area (Å²) in [4.78, 5) is 23.0. The van der Waals surface area contributed by atoms with Crippen molar-refractivity contribution in [2.24, 2.45) is 5.41 Å². The predicted octanol–water partition coefficient (Wildman–Crippen LogP) is 1.32. The lowest BCUT2D eigenvalue weighted by atomic mass is 9.77. The van der Waals surface area contributed by atoms with Crippen molar-refractivity contribution in [3.63, 3.8) is 0 Å². The van der Waals surface area contributed by atoms with Crippen LogP contribution >= 0.6 is 0 Å². The van der Waals surface area contributed by atoms with Crippen molar-refractivity contribution in [2.45, 2.75) is 57.6 Å². The smallest absolute Gasteiger partial charge is 0.327 e.